The predicted octanol–water partition coefficient (Wildman–Crippen LogP) is 6.79. The van der Waals surface area contributed by atoms with Gasteiger partial charge < -0.3 is 25.6 Å². The number of nitrogens with one attached hydrogen (secondary N) is 3. The molecule has 0 spiro atoms. The van der Waals surface area contributed by atoms with Crippen molar-refractivity contribution < 1.29 is 19.1 Å². The molecular formula is C34H30Cl2N6O4. The number of fused-ring (bicyclic) bond motifs is 1. The number of carbonyl (C=O) groups is 3. The molecule has 0 aliphatic heterocycles. The van der Waals surface area contributed by atoms with E-state index in [1.54, 1.807) is 68.0 Å². The Balaban J connectivity index is 1.17. The molecule has 2 heterocycles. The van der Waals surface area contributed by atoms with Crippen molar-refractivity contribution in [3.8, 4) is 5.75 Å². The summed E-state index contributed by atoms with van der Waals surface area (Å²) < 4.78 is 6.08. The summed E-state index contributed by atoms with van der Waals surface area (Å²) in [6, 6.07) is 22.4. The molecule has 3 N–H and O–H groups in total. The summed E-state index contributed by atoms with van der Waals surface area (Å²) in [7, 11) is 1.55. The number of hydrogen-bond acceptors (Lipinski definition) is 6. The zero-order valence-electron chi connectivity index (χ0n) is 25.0. The Morgan fingerprint density at radius 1 is 0.891 bits per heavy atom. The monoisotopic (exact) mass is 656 g/mol. The molecule has 0 radical (unpaired) electrons. The quantitative estimate of drug-likeness (QED) is 0.152. The molecule has 0 saturated heterocycles. The highest BCUT2D eigenvalue weighted by molar-refractivity contribution is 6.38. The Morgan fingerprint density at radius 3 is 2.41 bits per heavy atom. The molecule has 3 aromatic carbocycles. The molecule has 0 aliphatic carbocycles. The number of hydrogen-bond donors (Lipinski definition) is 3. The standard InChI is InChI=1S/C34H30Cl2N6O4/c1-21-9-10-23-5-3-8-29(33(23)39-21)46-20-26-27(35)11-12-28(32(26)36)42(2)31(44)19-38-34(45)41-25-7-4-6-24(18-25)40-30(43)17-22-13-15-37-16-14-22/h3-16,18H,17,19-20H2,1-2H3,(H,40,43)(H2,38,41,45). The number of aryl methyl sites for hydroxylation is 1. The van der Waals surface area contributed by atoms with Crippen LogP contribution in [0.25, 0.3) is 10.9 Å². The van der Waals surface area contributed by atoms with Gasteiger partial charge in [0.1, 0.15) is 17.9 Å². The first-order valence-electron chi connectivity index (χ1n) is 14.2. The average Bonchev–Trinajstić information content (AvgIpc) is 3.04. The van der Waals surface area contributed by atoms with E-state index in [-0.39, 0.29) is 30.5 Å². The Hall–Kier alpha value is -5.19. The predicted molar refractivity (Wildman–Crippen MR) is 181 cm³/mol. The third-order valence-corrected chi connectivity index (χ3v) is 7.79. The minimum absolute atomic E-state index is 0.0478. The van der Waals surface area contributed by atoms with Gasteiger partial charge in [0, 0.05) is 52.5 Å². The van der Waals surface area contributed by atoms with Gasteiger partial charge in [-0.15, -0.1) is 0 Å². The zero-order chi connectivity index (χ0) is 32.6. The van der Waals surface area contributed by atoms with E-state index < -0.39 is 11.9 Å². The number of amides is 4. The second-order valence-electron chi connectivity index (χ2n) is 10.3. The Labute approximate surface area is 275 Å². The van der Waals surface area contributed by atoms with Crippen LogP contribution in [0.2, 0.25) is 10.0 Å². The van der Waals surface area contributed by atoms with Crippen molar-refractivity contribution in [2.45, 2.75) is 20.0 Å². The molecule has 0 unspecified atom stereocenters. The van der Waals surface area contributed by atoms with Crippen molar-refractivity contribution >= 4 is 69.0 Å². The average molecular weight is 658 g/mol. The van der Waals surface area contributed by atoms with Crippen LogP contribution in [0, 0.1) is 6.92 Å². The minimum Gasteiger partial charge on any atom is -0.487 e. The molecule has 5 aromatic rings. The zero-order valence-corrected chi connectivity index (χ0v) is 26.5. The molecule has 0 fully saturated rings. The van der Waals surface area contributed by atoms with Gasteiger partial charge in [-0.1, -0.05) is 47.5 Å². The summed E-state index contributed by atoms with van der Waals surface area (Å²) >= 11 is 13.2. The van der Waals surface area contributed by atoms with Gasteiger partial charge in [-0.2, -0.15) is 0 Å². The second kappa shape index (κ2) is 14.7. The fraction of sp³-hybridized carbons (Fsp3) is 0.147. The maximum atomic E-state index is 13.0. The van der Waals surface area contributed by atoms with E-state index in [9.17, 15) is 14.4 Å². The normalized spacial score (nSPS) is 10.7. The van der Waals surface area contributed by atoms with Crippen LogP contribution in [0.1, 0.15) is 16.8 Å². The fourth-order valence-corrected chi connectivity index (χ4v) is 5.22. The van der Waals surface area contributed by atoms with E-state index in [2.05, 4.69) is 25.9 Å². The van der Waals surface area contributed by atoms with Crippen molar-refractivity contribution in [1.82, 2.24) is 15.3 Å². The molecule has 0 atom stereocenters. The Kier molecular flexibility index (Phi) is 10.3. The Bertz CT molecular complexity index is 1900. The van der Waals surface area contributed by atoms with E-state index in [0.717, 1.165) is 22.2 Å². The SMILES string of the molecule is Cc1ccc2cccc(OCc3c(Cl)ccc(N(C)C(=O)CNC(=O)Nc4cccc(NC(=O)Cc5ccncc5)c4)c3Cl)c2n1. The van der Waals surface area contributed by atoms with E-state index in [4.69, 9.17) is 27.9 Å². The number of pyridine rings is 2. The van der Waals surface area contributed by atoms with Crippen molar-refractivity contribution in [2.24, 2.45) is 0 Å². The molecule has 0 saturated carbocycles. The molecule has 0 aliphatic rings. The van der Waals surface area contributed by atoms with Gasteiger partial charge in [0.15, 0.2) is 0 Å². The van der Waals surface area contributed by atoms with Gasteiger partial charge in [-0.05, 0) is 67.1 Å². The summed E-state index contributed by atoms with van der Waals surface area (Å²) in [5.41, 5.74) is 4.26. The van der Waals surface area contributed by atoms with Crippen LogP contribution in [0.5, 0.6) is 5.75 Å². The topological polar surface area (TPSA) is 126 Å². The van der Waals surface area contributed by atoms with Crippen LogP contribution in [0.4, 0.5) is 21.9 Å². The van der Waals surface area contributed by atoms with Gasteiger partial charge in [-0.25, -0.2) is 9.78 Å². The number of urea groups is 1. The first-order chi connectivity index (χ1) is 22.2. The number of halogens is 2. The highest BCUT2D eigenvalue weighted by Gasteiger charge is 2.20. The Morgan fingerprint density at radius 2 is 1.63 bits per heavy atom. The van der Waals surface area contributed by atoms with Gasteiger partial charge in [0.25, 0.3) is 0 Å². The van der Waals surface area contributed by atoms with E-state index in [1.807, 2.05) is 37.3 Å². The molecule has 5 rings (SSSR count). The summed E-state index contributed by atoms with van der Waals surface area (Å²) in [6.07, 6.45) is 3.43. The number of benzene rings is 3. The molecule has 4 amide bonds. The number of ether oxygens (including phenoxy) is 1. The summed E-state index contributed by atoms with van der Waals surface area (Å²) in [4.78, 5) is 47.9. The maximum Gasteiger partial charge on any atom is 0.319 e. The number of carbonyl (C=O) groups excluding carboxylic acids is 3. The molecular weight excluding hydrogens is 627 g/mol. The number of aromatic nitrogens is 2. The van der Waals surface area contributed by atoms with Crippen LogP contribution in [0.15, 0.2) is 91.3 Å². The lowest BCUT2D eigenvalue weighted by Gasteiger charge is -2.21. The minimum atomic E-state index is -0.600. The van der Waals surface area contributed by atoms with Crippen molar-refractivity contribution in [1.29, 1.82) is 0 Å². The van der Waals surface area contributed by atoms with Crippen molar-refractivity contribution in [3.05, 3.63) is 118 Å². The van der Waals surface area contributed by atoms with Gasteiger partial charge >= 0.3 is 6.03 Å². The van der Waals surface area contributed by atoms with Crippen LogP contribution in [0.3, 0.4) is 0 Å². The smallest absolute Gasteiger partial charge is 0.319 e. The highest BCUT2D eigenvalue weighted by atomic mass is 35.5. The van der Waals surface area contributed by atoms with Crippen LogP contribution >= 0.6 is 23.2 Å². The third-order valence-electron chi connectivity index (χ3n) is 7.01. The van der Waals surface area contributed by atoms with Crippen LogP contribution in [-0.4, -0.2) is 41.4 Å². The second-order valence-corrected chi connectivity index (χ2v) is 11.1. The fourth-order valence-electron chi connectivity index (χ4n) is 4.61. The van der Waals surface area contributed by atoms with E-state index >= 15 is 0 Å². The number of likely N-dealkylation sites (N-methyl/N-ethyl adjacent to an activating group) is 1. The first kappa shape index (κ1) is 32.2. The first-order valence-corrected chi connectivity index (χ1v) is 15.0. The molecule has 0 bridgehead atoms. The molecule has 12 heteroatoms. The largest absolute Gasteiger partial charge is 0.487 e. The number of anilines is 3. The van der Waals surface area contributed by atoms with E-state index in [0.29, 0.717) is 33.4 Å². The summed E-state index contributed by atoms with van der Waals surface area (Å²) in [5.74, 6) is -0.0500. The van der Waals surface area contributed by atoms with E-state index in [1.165, 1.54) is 4.90 Å². The lowest BCUT2D eigenvalue weighted by molar-refractivity contribution is -0.117. The van der Waals surface area contributed by atoms with Crippen molar-refractivity contribution in [3.63, 3.8) is 0 Å². The molecule has 10 nitrogen and oxygen atoms in total. The molecule has 46 heavy (non-hydrogen) atoms. The summed E-state index contributed by atoms with van der Waals surface area (Å²) in [6.45, 7) is 1.65. The summed E-state index contributed by atoms with van der Waals surface area (Å²) in [5, 5.41) is 9.60. The van der Waals surface area contributed by atoms with Gasteiger partial charge in [-0.3, -0.25) is 14.6 Å². The number of nitrogens with zero attached hydrogens (tertiary/aromatic N) is 3. The number of para-hydroxylation sites is 1. The van der Waals surface area contributed by atoms with Crippen LogP contribution < -0.4 is 25.6 Å². The highest BCUT2D eigenvalue weighted by Crippen LogP contribution is 2.35. The lowest BCUT2D eigenvalue weighted by Crippen LogP contribution is -2.40. The van der Waals surface area contributed by atoms with Crippen molar-refractivity contribution in [2.75, 3.05) is 29.1 Å². The van der Waals surface area contributed by atoms with Crippen LogP contribution in [-0.2, 0) is 22.6 Å². The third kappa shape index (κ3) is 8.09. The lowest BCUT2D eigenvalue weighted by atomic mass is 10.1. The van der Waals surface area contributed by atoms with Gasteiger partial charge in [0.2, 0.25) is 11.8 Å². The van der Waals surface area contributed by atoms with Gasteiger partial charge in [0.05, 0.1) is 23.7 Å². The molecule has 234 valence electrons. The molecule has 2 aromatic heterocycles. The number of rotatable bonds is 10. The maximum absolute atomic E-state index is 13.0.